The van der Waals surface area contributed by atoms with Crippen LogP contribution in [0.3, 0.4) is 0 Å². The fourth-order valence-electron chi connectivity index (χ4n) is 1.45. The molecule has 2 unspecified atom stereocenters. The zero-order valence-electron chi connectivity index (χ0n) is 9.21. The number of rotatable bonds is 2. The summed E-state index contributed by atoms with van der Waals surface area (Å²) in [7, 11) is -2.82. The van der Waals surface area contributed by atoms with Gasteiger partial charge in [0.25, 0.3) is 0 Å². The van der Waals surface area contributed by atoms with Crippen LogP contribution in [0.25, 0.3) is 0 Å². The van der Waals surface area contributed by atoms with Gasteiger partial charge in [-0.15, -0.1) is 0 Å². The normalized spacial score (nSPS) is 27.4. The SMILES string of the molecule is COC(=O)NS(=O)(=O)N1CCC(C)C(O)C1. The van der Waals surface area contributed by atoms with Crippen molar-refractivity contribution in [1.29, 1.82) is 0 Å². The van der Waals surface area contributed by atoms with Gasteiger partial charge < -0.3 is 9.84 Å². The van der Waals surface area contributed by atoms with Gasteiger partial charge in [0, 0.05) is 13.1 Å². The molecule has 1 saturated heterocycles. The second kappa shape index (κ2) is 4.98. The molecule has 1 aliphatic heterocycles. The number of β-amino-alcohol motifs (C(OH)–C–C–N with tert-alkyl or cyclic N) is 1. The molecule has 1 amide bonds. The Morgan fingerprint density at radius 3 is 2.69 bits per heavy atom. The van der Waals surface area contributed by atoms with E-state index in [1.165, 1.54) is 0 Å². The first kappa shape index (κ1) is 13.2. The van der Waals surface area contributed by atoms with Crippen LogP contribution in [-0.4, -0.2) is 50.2 Å². The third-order valence-corrected chi connectivity index (χ3v) is 4.06. The topological polar surface area (TPSA) is 95.9 Å². The van der Waals surface area contributed by atoms with E-state index in [4.69, 9.17) is 0 Å². The van der Waals surface area contributed by atoms with Crippen molar-refractivity contribution >= 4 is 16.3 Å². The van der Waals surface area contributed by atoms with Gasteiger partial charge in [0.15, 0.2) is 0 Å². The average molecular weight is 252 g/mol. The Kier molecular flexibility index (Phi) is 4.11. The molecule has 2 atom stereocenters. The fourth-order valence-corrected chi connectivity index (χ4v) is 2.57. The lowest BCUT2D eigenvalue weighted by Crippen LogP contribution is -2.51. The van der Waals surface area contributed by atoms with Crippen molar-refractivity contribution in [2.75, 3.05) is 20.2 Å². The molecule has 0 aliphatic carbocycles. The molecule has 16 heavy (non-hydrogen) atoms. The van der Waals surface area contributed by atoms with Gasteiger partial charge in [0.05, 0.1) is 13.2 Å². The van der Waals surface area contributed by atoms with Crippen LogP contribution in [0.2, 0.25) is 0 Å². The van der Waals surface area contributed by atoms with Crippen LogP contribution in [0.4, 0.5) is 4.79 Å². The minimum Gasteiger partial charge on any atom is -0.452 e. The van der Waals surface area contributed by atoms with E-state index >= 15 is 0 Å². The number of amides is 1. The van der Waals surface area contributed by atoms with E-state index in [-0.39, 0.29) is 19.0 Å². The Hall–Kier alpha value is -0.860. The maximum absolute atomic E-state index is 11.6. The number of ether oxygens (including phenoxy) is 1. The average Bonchev–Trinajstić information content (AvgIpc) is 2.21. The van der Waals surface area contributed by atoms with Crippen molar-refractivity contribution < 1.29 is 23.1 Å². The van der Waals surface area contributed by atoms with E-state index in [2.05, 4.69) is 4.74 Å². The van der Waals surface area contributed by atoms with Gasteiger partial charge >= 0.3 is 16.3 Å². The Morgan fingerprint density at radius 2 is 2.19 bits per heavy atom. The molecule has 0 bridgehead atoms. The number of aliphatic hydroxyl groups excluding tert-OH is 1. The number of piperidine rings is 1. The summed E-state index contributed by atoms with van der Waals surface area (Å²) in [6.45, 7) is 2.13. The van der Waals surface area contributed by atoms with E-state index in [0.29, 0.717) is 6.42 Å². The van der Waals surface area contributed by atoms with Crippen LogP contribution in [-0.2, 0) is 14.9 Å². The number of hydrogen-bond acceptors (Lipinski definition) is 5. The molecule has 2 N–H and O–H groups in total. The van der Waals surface area contributed by atoms with Crippen LogP contribution in [0.5, 0.6) is 0 Å². The van der Waals surface area contributed by atoms with Crippen molar-refractivity contribution in [1.82, 2.24) is 9.03 Å². The number of aliphatic hydroxyl groups is 1. The highest BCUT2D eigenvalue weighted by Crippen LogP contribution is 2.18. The highest BCUT2D eigenvalue weighted by atomic mass is 32.2. The Bertz CT molecular complexity index is 355. The first-order chi connectivity index (χ1) is 7.36. The highest BCUT2D eigenvalue weighted by molar-refractivity contribution is 7.87. The van der Waals surface area contributed by atoms with Crippen molar-refractivity contribution in [3.63, 3.8) is 0 Å². The molecule has 1 fully saturated rings. The smallest absolute Gasteiger partial charge is 0.421 e. The molecule has 7 nitrogen and oxygen atoms in total. The maximum Gasteiger partial charge on any atom is 0.421 e. The molecule has 8 heteroatoms. The third-order valence-electron chi connectivity index (χ3n) is 2.62. The van der Waals surface area contributed by atoms with Gasteiger partial charge in [-0.3, -0.25) is 0 Å². The van der Waals surface area contributed by atoms with Crippen LogP contribution in [0, 0.1) is 5.92 Å². The molecule has 0 aromatic rings. The Balaban J connectivity index is 2.67. The number of carbonyl (C=O) groups is 1. The highest BCUT2D eigenvalue weighted by Gasteiger charge is 2.32. The number of nitrogens with one attached hydrogen (secondary N) is 1. The van der Waals surface area contributed by atoms with Crippen LogP contribution in [0.15, 0.2) is 0 Å². The van der Waals surface area contributed by atoms with E-state index in [9.17, 15) is 18.3 Å². The van der Waals surface area contributed by atoms with E-state index < -0.39 is 22.4 Å². The zero-order chi connectivity index (χ0) is 12.3. The number of hydrogen-bond donors (Lipinski definition) is 2. The standard InChI is InChI=1S/C8H16N2O5S/c1-6-3-4-10(5-7(6)11)16(13,14)9-8(12)15-2/h6-7,11H,3-5H2,1-2H3,(H,9,12). The molecule has 0 radical (unpaired) electrons. The van der Waals surface area contributed by atoms with E-state index in [0.717, 1.165) is 11.4 Å². The van der Waals surface area contributed by atoms with Gasteiger partial charge in [-0.05, 0) is 12.3 Å². The predicted molar refractivity (Wildman–Crippen MR) is 55.8 cm³/mol. The predicted octanol–water partition coefficient (Wildman–Crippen LogP) is -0.710. The summed E-state index contributed by atoms with van der Waals surface area (Å²) in [5.74, 6) is 0.0598. The lowest BCUT2D eigenvalue weighted by atomic mass is 9.98. The van der Waals surface area contributed by atoms with Gasteiger partial charge in [0.2, 0.25) is 0 Å². The third kappa shape index (κ3) is 3.06. The first-order valence-corrected chi connectivity index (χ1v) is 6.34. The molecular formula is C8H16N2O5S. The lowest BCUT2D eigenvalue weighted by molar-refractivity contribution is 0.0599. The minimum absolute atomic E-state index is 0.00645. The van der Waals surface area contributed by atoms with Crippen LogP contribution >= 0.6 is 0 Å². The minimum atomic E-state index is -3.90. The summed E-state index contributed by atoms with van der Waals surface area (Å²) in [5.41, 5.74) is 0. The molecule has 0 aromatic carbocycles. The largest absolute Gasteiger partial charge is 0.452 e. The molecule has 1 aliphatic rings. The van der Waals surface area contributed by atoms with Crippen molar-refractivity contribution in [3.05, 3.63) is 0 Å². The van der Waals surface area contributed by atoms with Gasteiger partial charge in [-0.25, -0.2) is 9.52 Å². The quantitative estimate of drug-likeness (QED) is 0.677. The number of carbonyl (C=O) groups excluding carboxylic acids is 1. The van der Waals surface area contributed by atoms with Gasteiger partial charge in [0.1, 0.15) is 0 Å². The maximum atomic E-state index is 11.6. The van der Waals surface area contributed by atoms with Gasteiger partial charge in [-0.2, -0.15) is 12.7 Å². The van der Waals surface area contributed by atoms with Crippen molar-refractivity contribution in [2.24, 2.45) is 5.92 Å². The first-order valence-electron chi connectivity index (χ1n) is 4.90. The summed E-state index contributed by atoms with van der Waals surface area (Å²) in [5, 5.41) is 9.55. The monoisotopic (exact) mass is 252 g/mol. The fraction of sp³-hybridized carbons (Fsp3) is 0.875. The van der Waals surface area contributed by atoms with Crippen LogP contribution < -0.4 is 4.72 Å². The molecule has 1 rings (SSSR count). The number of methoxy groups -OCH3 is 1. The summed E-state index contributed by atoms with van der Waals surface area (Å²) in [6.07, 6.45) is -1.18. The summed E-state index contributed by atoms with van der Waals surface area (Å²) >= 11 is 0. The zero-order valence-corrected chi connectivity index (χ0v) is 10.0. The summed E-state index contributed by atoms with van der Waals surface area (Å²) in [4.78, 5) is 10.8. The van der Waals surface area contributed by atoms with E-state index in [1.54, 1.807) is 4.72 Å². The second-order valence-corrected chi connectivity index (χ2v) is 5.46. The van der Waals surface area contributed by atoms with Crippen LogP contribution in [0.1, 0.15) is 13.3 Å². The Labute approximate surface area is 94.6 Å². The molecule has 94 valence electrons. The molecule has 0 saturated carbocycles. The number of nitrogens with zero attached hydrogens (tertiary/aromatic N) is 1. The lowest BCUT2D eigenvalue weighted by Gasteiger charge is -2.32. The molecule has 1 heterocycles. The van der Waals surface area contributed by atoms with Crippen molar-refractivity contribution in [3.8, 4) is 0 Å². The summed E-state index contributed by atoms with van der Waals surface area (Å²) < 4.78 is 30.2. The Morgan fingerprint density at radius 1 is 1.56 bits per heavy atom. The van der Waals surface area contributed by atoms with Gasteiger partial charge in [-0.1, -0.05) is 6.92 Å². The summed E-state index contributed by atoms with van der Waals surface area (Å²) in [6, 6.07) is 0. The molecule has 0 spiro atoms. The molecular weight excluding hydrogens is 236 g/mol. The second-order valence-electron chi connectivity index (χ2n) is 3.79. The van der Waals surface area contributed by atoms with E-state index in [1.807, 2.05) is 6.92 Å². The molecule has 0 aromatic heterocycles. The van der Waals surface area contributed by atoms with Crippen molar-refractivity contribution in [2.45, 2.75) is 19.4 Å².